The fourth-order valence-electron chi connectivity index (χ4n) is 1.57. The van der Waals surface area contributed by atoms with Crippen LogP contribution in [-0.4, -0.2) is 28.4 Å². The van der Waals surface area contributed by atoms with Gasteiger partial charge in [0.15, 0.2) is 11.5 Å². The van der Waals surface area contributed by atoms with Crippen molar-refractivity contribution in [3.63, 3.8) is 0 Å². The van der Waals surface area contributed by atoms with Crippen molar-refractivity contribution in [3.05, 3.63) is 23.8 Å². The number of hydrogen-bond donors (Lipinski definition) is 0. The largest absolute Gasteiger partial charge is 0.493 e. The van der Waals surface area contributed by atoms with Gasteiger partial charge in [-0.1, -0.05) is 6.07 Å². The van der Waals surface area contributed by atoms with Crippen molar-refractivity contribution in [1.82, 2.24) is 0 Å². The Morgan fingerprint density at radius 3 is 2.28 bits per heavy atom. The van der Waals surface area contributed by atoms with Crippen LogP contribution in [0.4, 0.5) is 4.39 Å². The summed E-state index contributed by atoms with van der Waals surface area (Å²) in [7, 11) is 4.00. The van der Waals surface area contributed by atoms with E-state index in [2.05, 4.69) is 0 Å². The van der Waals surface area contributed by atoms with Crippen LogP contribution in [0.25, 0.3) is 0 Å². The Morgan fingerprint density at radius 2 is 1.83 bits per heavy atom. The van der Waals surface area contributed by atoms with Crippen LogP contribution in [0.5, 0.6) is 11.5 Å². The minimum absolute atomic E-state index is 0.157. The maximum absolute atomic E-state index is 14.3. The van der Waals surface area contributed by atoms with Crippen molar-refractivity contribution in [1.29, 1.82) is 0 Å². The summed E-state index contributed by atoms with van der Waals surface area (Å²) in [5, 5.41) is 0. The first-order valence-corrected chi connectivity index (χ1v) is 7.51. The number of methoxy groups -OCH3 is 2. The Hall–Kier alpha value is -1.01. The molecule has 0 aliphatic rings. The molecule has 1 unspecified atom stereocenters. The molecule has 1 aromatic carbocycles. The van der Waals surface area contributed by atoms with Crippen LogP contribution in [0.3, 0.4) is 0 Å². The van der Waals surface area contributed by atoms with Gasteiger partial charge in [-0.3, -0.25) is 0 Å². The zero-order valence-electron chi connectivity index (χ0n) is 10.2. The molecule has 0 saturated carbocycles. The van der Waals surface area contributed by atoms with Gasteiger partial charge >= 0.3 is 0 Å². The zero-order valence-corrected chi connectivity index (χ0v) is 11.8. The van der Waals surface area contributed by atoms with E-state index in [1.165, 1.54) is 32.4 Å². The van der Waals surface area contributed by atoms with Gasteiger partial charge in [-0.05, 0) is 24.6 Å². The summed E-state index contributed by atoms with van der Waals surface area (Å²) in [6.45, 7) is 1.15. The van der Waals surface area contributed by atoms with Crippen molar-refractivity contribution in [2.75, 3.05) is 20.0 Å². The zero-order chi connectivity index (χ0) is 14.0. The SMILES string of the molecule is COc1ccc(C(C)(F)CS(=O)(=O)Cl)cc1OC. The standard InChI is InChI=1S/C11H14ClFO4S/c1-11(13,7-18(12,14)15)8-4-5-9(16-2)10(6-8)17-3/h4-6H,7H2,1-3H3. The minimum atomic E-state index is -3.94. The molecule has 4 nitrogen and oxygen atoms in total. The number of rotatable bonds is 5. The lowest BCUT2D eigenvalue weighted by Gasteiger charge is -2.20. The molecule has 1 atom stereocenters. The summed E-state index contributed by atoms with van der Waals surface area (Å²) >= 11 is 0. The lowest BCUT2D eigenvalue weighted by molar-refractivity contribution is 0.224. The van der Waals surface area contributed by atoms with Gasteiger partial charge in [0.1, 0.15) is 11.4 Å². The number of alkyl halides is 1. The van der Waals surface area contributed by atoms with Crippen molar-refractivity contribution < 1.29 is 22.3 Å². The van der Waals surface area contributed by atoms with Crippen LogP contribution < -0.4 is 9.47 Å². The molecule has 0 N–H and O–H groups in total. The normalized spacial score (nSPS) is 14.9. The molecule has 0 amide bonds. The average molecular weight is 297 g/mol. The van der Waals surface area contributed by atoms with Crippen LogP contribution in [0.15, 0.2) is 18.2 Å². The summed E-state index contributed by atoms with van der Waals surface area (Å²) in [6.07, 6.45) is 0. The molecule has 0 fully saturated rings. The number of benzene rings is 1. The van der Waals surface area contributed by atoms with Crippen LogP contribution in [0.1, 0.15) is 12.5 Å². The lowest BCUT2D eigenvalue weighted by atomic mass is 9.99. The van der Waals surface area contributed by atoms with E-state index in [0.717, 1.165) is 6.92 Å². The third-order valence-electron chi connectivity index (χ3n) is 2.43. The van der Waals surface area contributed by atoms with Crippen molar-refractivity contribution in [2.45, 2.75) is 12.6 Å². The summed E-state index contributed by atoms with van der Waals surface area (Å²) in [4.78, 5) is 0. The van der Waals surface area contributed by atoms with E-state index in [9.17, 15) is 12.8 Å². The van der Waals surface area contributed by atoms with E-state index in [4.69, 9.17) is 20.2 Å². The van der Waals surface area contributed by atoms with Crippen LogP contribution in [0.2, 0.25) is 0 Å². The Balaban J connectivity index is 3.17. The second kappa shape index (κ2) is 5.32. The van der Waals surface area contributed by atoms with Gasteiger partial charge in [-0.25, -0.2) is 12.8 Å². The number of ether oxygens (including phenoxy) is 2. The molecule has 0 aliphatic carbocycles. The molecular formula is C11H14ClFO4S. The Morgan fingerprint density at radius 1 is 1.28 bits per heavy atom. The molecule has 0 heterocycles. The van der Waals surface area contributed by atoms with E-state index in [-0.39, 0.29) is 5.56 Å². The number of halogens is 2. The molecule has 0 radical (unpaired) electrons. The maximum Gasteiger partial charge on any atom is 0.236 e. The van der Waals surface area contributed by atoms with E-state index < -0.39 is 20.5 Å². The van der Waals surface area contributed by atoms with Gasteiger partial charge < -0.3 is 9.47 Å². The van der Waals surface area contributed by atoms with E-state index in [0.29, 0.717) is 11.5 Å². The predicted molar refractivity (Wildman–Crippen MR) is 67.6 cm³/mol. The Kier molecular flexibility index (Phi) is 4.45. The lowest BCUT2D eigenvalue weighted by Crippen LogP contribution is -2.24. The van der Waals surface area contributed by atoms with Crippen molar-refractivity contribution >= 4 is 19.7 Å². The smallest absolute Gasteiger partial charge is 0.236 e. The number of hydrogen-bond acceptors (Lipinski definition) is 4. The van der Waals surface area contributed by atoms with Crippen molar-refractivity contribution in [3.8, 4) is 11.5 Å². The fraction of sp³-hybridized carbons (Fsp3) is 0.455. The molecule has 102 valence electrons. The second-order valence-electron chi connectivity index (χ2n) is 3.95. The Labute approximate surface area is 110 Å². The topological polar surface area (TPSA) is 52.6 Å². The van der Waals surface area contributed by atoms with Gasteiger partial charge in [-0.15, -0.1) is 0 Å². The van der Waals surface area contributed by atoms with Gasteiger partial charge in [0.05, 0.1) is 14.2 Å². The van der Waals surface area contributed by atoms with E-state index in [1.54, 1.807) is 0 Å². The highest BCUT2D eigenvalue weighted by Crippen LogP contribution is 2.35. The van der Waals surface area contributed by atoms with Gasteiger partial charge in [0.2, 0.25) is 9.05 Å². The monoisotopic (exact) mass is 296 g/mol. The first-order valence-electron chi connectivity index (χ1n) is 5.03. The molecule has 1 rings (SSSR count). The molecular weight excluding hydrogens is 283 g/mol. The molecule has 7 heteroatoms. The quantitative estimate of drug-likeness (QED) is 0.783. The third kappa shape index (κ3) is 3.74. The molecule has 18 heavy (non-hydrogen) atoms. The fourth-order valence-corrected chi connectivity index (χ4v) is 3.00. The summed E-state index contributed by atoms with van der Waals surface area (Å²) < 4.78 is 46.3. The summed E-state index contributed by atoms with van der Waals surface area (Å²) in [6, 6.07) is 4.33. The summed E-state index contributed by atoms with van der Waals surface area (Å²) in [5.74, 6) is -0.0477. The van der Waals surface area contributed by atoms with Crippen LogP contribution in [-0.2, 0) is 14.7 Å². The van der Waals surface area contributed by atoms with Gasteiger partial charge in [0.25, 0.3) is 0 Å². The average Bonchev–Trinajstić information content (AvgIpc) is 2.24. The molecule has 0 aliphatic heterocycles. The first-order chi connectivity index (χ1) is 8.19. The highest BCUT2D eigenvalue weighted by Gasteiger charge is 2.32. The summed E-state index contributed by atoms with van der Waals surface area (Å²) in [5.41, 5.74) is -1.94. The predicted octanol–water partition coefficient (Wildman–Crippen LogP) is 2.46. The Bertz CT molecular complexity index is 528. The highest BCUT2D eigenvalue weighted by atomic mass is 35.7. The van der Waals surface area contributed by atoms with Gasteiger partial charge in [-0.2, -0.15) is 0 Å². The third-order valence-corrected chi connectivity index (χ3v) is 3.64. The van der Waals surface area contributed by atoms with E-state index >= 15 is 0 Å². The van der Waals surface area contributed by atoms with Gasteiger partial charge in [0, 0.05) is 10.7 Å². The highest BCUT2D eigenvalue weighted by molar-refractivity contribution is 8.13. The minimum Gasteiger partial charge on any atom is -0.493 e. The molecule has 0 spiro atoms. The maximum atomic E-state index is 14.3. The first kappa shape index (κ1) is 15.0. The van der Waals surface area contributed by atoms with Crippen LogP contribution >= 0.6 is 10.7 Å². The molecule has 1 aromatic rings. The van der Waals surface area contributed by atoms with E-state index in [1.807, 2.05) is 0 Å². The molecule has 0 saturated heterocycles. The molecule has 0 bridgehead atoms. The molecule has 0 aromatic heterocycles. The van der Waals surface area contributed by atoms with Crippen molar-refractivity contribution in [2.24, 2.45) is 0 Å². The van der Waals surface area contributed by atoms with Crippen LogP contribution in [0, 0.1) is 0 Å². The second-order valence-corrected chi connectivity index (χ2v) is 6.73.